The van der Waals surface area contributed by atoms with Crippen molar-refractivity contribution in [1.29, 1.82) is 0 Å². The van der Waals surface area contributed by atoms with Gasteiger partial charge < -0.3 is 4.90 Å². The van der Waals surface area contributed by atoms with E-state index in [-0.39, 0.29) is 0 Å². The normalized spacial score (nSPS) is 18.8. The summed E-state index contributed by atoms with van der Waals surface area (Å²) in [7, 11) is 2.18. The van der Waals surface area contributed by atoms with E-state index in [0.29, 0.717) is 0 Å². The Balaban J connectivity index is 2.18. The van der Waals surface area contributed by atoms with Gasteiger partial charge in [-0.15, -0.1) is 0 Å². The zero-order chi connectivity index (χ0) is 9.80. The largest absolute Gasteiger partial charge is 0.303 e. The molecular weight excluding hydrogens is 170 g/mol. The van der Waals surface area contributed by atoms with Crippen molar-refractivity contribution in [2.24, 2.45) is 0 Å². The van der Waals surface area contributed by atoms with Crippen molar-refractivity contribution < 1.29 is 0 Å². The van der Waals surface area contributed by atoms with E-state index in [9.17, 15) is 0 Å². The van der Waals surface area contributed by atoms with E-state index >= 15 is 0 Å². The lowest BCUT2D eigenvalue weighted by Gasteiger charge is -2.09. The van der Waals surface area contributed by atoms with Gasteiger partial charge in [-0.25, -0.2) is 0 Å². The van der Waals surface area contributed by atoms with Crippen LogP contribution >= 0.6 is 0 Å². The molecule has 0 radical (unpaired) electrons. The fourth-order valence-electron chi connectivity index (χ4n) is 1.91. The topological polar surface area (TPSA) is 3.24 Å². The van der Waals surface area contributed by atoms with Gasteiger partial charge in [-0.3, -0.25) is 0 Å². The molecule has 0 unspecified atom stereocenters. The standard InChI is InChI=1S/C13H17N/c1-14-10-5-8-13(9-11-14)12-6-3-2-4-7-12/h2-4,6-7,9H,5,8,10-11H2,1H3. The molecule has 1 aliphatic rings. The van der Waals surface area contributed by atoms with Gasteiger partial charge in [-0.1, -0.05) is 36.4 Å². The zero-order valence-electron chi connectivity index (χ0n) is 8.74. The molecule has 0 saturated carbocycles. The highest BCUT2D eigenvalue weighted by Crippen LogP contribution is 2.21. The summed E-state index contributed by atoms with van der Waals surface area (Å²) in [5, 5.41) is 0. The maximum Gasteiger partial charge on any atom is 0.0166 e. The molecule has 1 heterocycles. The van der Waals surface area contributed by atoms with Crippen LogP contribution in [0.5, 0.6) is 0 Å². The number of rotatable bonds is 1. The van der Waals surface area contributed by atoms with Crippen molar-refractivity contribution in [3.63, 3.8) is 0 Å². The zero-order valence-corrected chi connectivity index (χ0v) is 8.74. The van der Waals surface area contributed by atoms with Gasteiger partial charge in [0.05, 0.1) is 0 Å². The van der Waals surface area contributed by atoms with Crippen LogP contribution in [0.1, 0.15) is 18.4 Å². The first-order chi connectivity index (χ1) is 6.86. The highest BCUT2D eigenvalue weighted by Gasteiger charge is 2.06. The minimum absolute atomic E-state index is 1.09. The molecule has 0 atom stereocenters. The van der Waals surface area contributed by atoms with E-state index in [1.807, 2.05) is 0 Å². The number of hydrogen-bond donors (Lipinski definition) is 0. The number of nitrogens with zero attached hydrogens (tertiary/aromatic N) is 1. The van der Waals surface area contributed by atoms with Crippen molar-refractivity contribution >= 4 is 5.57 Å². The Bertz CT molecular complexity index is 313. The molecule has 1 aliphatic heterocycles. The minimum Gasteiger partial charge on any atom is -0.303 e. The van der Waals surface area contributed by atoms with Crippen LogP contribution in [0.15, 0.2) is 36.4 Å². The predicted molar refractivity (Wildman–Crippen MR) is 61.2 cm³/mol. The van der Waals surface area contributed by atoms with Gasteiger partial charge in [0.15, 0.2) is 0 Å². The lowest BCUT2D eigenvalue weighted by Crippen LogP contribution is -2.17. The van der Waals surface area contributed by atoms with Gasteiger partial charge in [-0.05, 0) is 37.6 Å². The number of hydrogen-bond acceptors (Lipinski definition) is 1. The van der Waals surface area contributed by atoms with Crippen molar-refractivity contribution in [3.8, 4) is 0 Å². The van der Waals surface area contributed by atoms with Gasteiger partial charge >= 0.3 is 0 Å². The number of allylic oxidation sites excluding steroid dienone is 1. The van der Waals surface area contributed by atoms with Crippen molar-refractivity contribution in [3.05, 3.63) is 42.0 Å². The van der Waals surface area contributed by atoms with Crippen molar-refractivity contribution in [2.45, 2.75) is 12.8 Å². The summed E-state index contributed by atoms with van der Waals surface area (Å²) in [5.74, 6) is 0. The molecule has 0 spiro atoms. The number of benzene rings is 1. The quantitative estimate of drug-likeness (QED) is 0.653. The van der Waals surface area contributed by atoms with Crippen LogP contribution in [0.2, 0.25) is 0 Å². The third kappa shape index (κ3) is 2.24. The molecule has 0 amide bonds. The lowest BCUT2D eigenvalue weighted by atomic mass is 10.0. The van der Waals surface area contributed by atoms with E-state index in [0.717, 1.165) is 6.54 Å². The van der Waals surface area contributed by atoms with Crippen LogP contribution in [0, 0.1) is 0 Å². The molecule has 2 rings (SSSR count). The van der Waals surface area contributed by atoms with Gasteiger partial charge in [0.1, 0.15) is 0 Å². The van der Waals surface area contributed by atoms with E-state index < -0.39 is 0 Å². The third-order valence-corrected chi connectivity index (χ3v) is 2.78. The van der Waals surface area contributed by atoms with E-state index in [2.05, 4.69) is 48.4 Å². The van der Waals surface area contributed by atoms with Crippen LogP contribution in [0.25, 0.3) is 5.57 Å². The van der Waals surface area contributed by atoms with E-state index in [1.165, 1.54) is 30.5 Å². The molecular formula is C13H17N. The summed E-state index contributed by atoms with van der Waals surface area (Å²) in [6, 6.07) is 10.7. The predicted octanol–water partition coefficient (Wildman–Crippen LogP) is 2.80. The molecule has 0 fully saturated rings. The first kappa shape index (κ1) is 9.47. The van der Waals surface area contributed by atoms with E-state index in [1.54, 1.807) is 0 Å². The van der Waals surface area contributed by atoms with Crippen LogP contribution in [0.4, 0.5) is 0 Å². The van der Waals surface area contributed by atoms with Crippen LogP contribution in [-0.2, 0) is 0 Å². The highest BCUT2D eigenvalue weighted by molar-refractivity contribution is 5.65. The maximum atomic E-state index is 2.37. The SMILES string of the molecule is CN1CC=C(c2ccccc2)CCC1. The molecule has 0 aromatic heterocycles. The Hall–Kier alpha value is -1.08. The molecule has 0 bridgehead atoms. The van der Waals surface area contributed by atoms with E-state index in [4.69, 9.17) is 0 Å². The second-order valence-corrected chi connectivity index (χ2v) is 3.96. The Kier molecular flexibility index (Phi) is 3.00. The molecule has 0 N–H and O–H groups in total. The maximum absolute atomic E-state index is 2.37. The Morgan fingerprint density at radius 3 is 2.71 bits per heavy atom. The molecule has 1 aromatic carbocycles. The second kappa shape index (κ2) is 4.43. The summed E-state index contributed by atoms with van der Waals surface area (Å²) in [4.78, 5) is 2.37. The van der Waals surface area contributed by atoms with Gasteiger partial charge in [0, 0.05) is 6.54 Å². The lowest BCUT2D eigenvalue weighted by molar-refractivity contribution is 0.372. The Morgan fingerprint density at radius 2 is 1.93 bits per heavy atom. The first-order valence-electron chi connectivity index (χ1n) is 5.29. The second-order valence-electron chi connectivity index (χ2n) is 3.96. The van der Waals surface area contributed by atoms with Gasteiger partial charge in [-0.2, -0.15) is 0 Å². The molecule has 0 saturated heterocycles. The van der Waals surface area contributed by atoms with Gasteiger partial charge in [0.2, 0.25) is 0 Å². The summed E-state index contributed by atoms with van der Waals surface area (Å²) < 4.78 is 0. The minimum atomic E-state index is 1.09. The van der Waals surface area contributed by atoms with Gasteiger partial charge in [0.25, 0.3) is 0 Å². The summed E-state index contributed by atoms with van der Waals surface area (Å²) in [6.07, 6.45) is 4.86. The van der Waals surface area contributed by atoms with Crippen molar-refractivity contribution in [1.82, 2.24) is 4.90 Å². The Labute approximate surface area is 86.1 Å². The average Bonchev–Trinajstić information content (AvgIpc) is 2.44. The summed E-state index contributed by atoms with van der Waals surface area (Å²) >= 11 is 0. The average molecular weight is 187 g/mol. The highest BCUT2D eigenvalue weighted by atomic mass is 15.1. The van der Waals surface area contributed by atoms with Crippen LogP contribution in [-0.4, -0.2) is 25.0 Å². The Morgan fingerprint density at radius 1 is 1.14 bits per heavy atom. The fraction of sp³-hybridized carbons (Fsp3) is 0.385. The third-order valence-electron chi connectivity index (χ3n) is 2.78. The van der Waals surface area contributed by atoms with Crippen LogP contribution in [0.3, 0.4) is 0 Å². The molecule has 74 valence electrons. The van der Waals surface area contributed by atoms with Crippen LogP contribution < -0.4 is 0 Å². The summed E-state index contributed by atoms with van der Waals surface area (Å²) in [5.41, 5.74) is 2.90. The molecule has 1 nitrogen and oxygen atoms in total. The van der Waals surface area contributed by atoms with Crippen molar-refractivity contribution in [2.75, 3.05) is 20.1 Å². The first-order valence-corrected chi connectivity index (χ1v) is 5.29. The molecule has 1 aromatic rings. The smallest absolute Gasteiger partial charge is 0.0166 e. The number of likely N-dealkylation sites (N-methyl/N-ethyl adjacent to an activating group) is 1. The fourth-order valence-corrected chi connectivity index (χ4v) is 1.91. The molecule has 1 heteroatoms. The molecule has 0 aliphatic carbocycles. The monoisotopic (exact) mass is 187 g/mol. The summed E-state index contributed by atoms with van der Waals surface area (Å²) in [6.45, 7) is 2.30. The molecule has 14 heavy (non-hydrogen) atoms.